The Morgan fingerprint density at radius 1 is 1.33 bits per heavy atom. The van der Waals surface area contributed by atoms with E-state index in [1.54, 1.807) is 0 Å². The van der Waals surface area contributed by atoms with Crippen molar-refractivity contribution < 1.29 is 14.2 Å². The minimum Gasteiger partial charge on any atom is -0.454 e. The summed E-state index contributed by atoms with van der Waals surface area (Å²) in [6.45, 7) is 4.31. The van der Waals surface area contributed by atoms with E-state index in [2.05, 4.69) is 24.4 Å². The van der Waals surface area contributed by atoms with Crippen LogP contribution in [0.15, 0.2) is 18.2 Å². The van der Waals surface area contributed by atoms with Gasteiger partial charge in [-0.2, -0.15) is 0 Å². The molecule has 1 aromatic rings. The summed E-state index contributed by atoms with van der Waals surface area (Å²) in [6, 6.07) is 6.40. The standard InChI is InChI=1S/C14H19NO3/c1-10(15-8-12-3-2-6-16-12)11-4-5-13-14(7-11)18-9-17-13/h4-5,7,10,12,15H,2-3,6,8-9H2,1H3. The van der Waals surface area contributed by atoms with Crippen LogP contribution in [0.2, 0.25) is 0 Å². The average molecular weight is 249 g/mol. The molecule has 2 atom stereocenters. The van der Waals surface area contributed by atoms with Gasteiger partial charge in [0.15, 0.2) is 11.5 Å². The Balaban J connectivity index is 1.59. The Bertz CT molecular complexity index is 416. The number of ether oxygens (including phenoxy) is 3. The van der Waals surface area contributed by atoms with Crippen molar-refractivity contribution in [2.45, 2.75) is 31.9 Å². The Kier molecular flexibility index (Phi) is 3.39. The first-order valence-corrected chi connectivity index (χ1v) is 6.57. The zero-order chi connectivity index (χ0) is 12.4. The van der Waals surface area contributed by atoms with Crippen molar-refractivity contribution in [3.63, 3.8) is 0 Å². The second-order valence-corrected chi connectivity index (χ2v) is 4.88. The molecule has 0 aliphatic carbocycles. The van der Waals surface area contributed by atoms with Gasteiger partial charge in [-0.3, -0.25) is 0 Å². The Morgan fingerprint density at radius 2 is 2.22 bits per heavy atom. The van der Waals surface area contributed by atoms with Gasteiger partial charge in [-0.25, -0.2) is 0 Å². The fourth-order valence-electron chi connectivity index (χ4n) is 2.41. The molecule has 3 rings (SSSR count). The minimum absolute atomic E-state index is 0.295. The van der Waals surface area contributed by atoms with Crippen molar-refractivity contribution in [1.82, 2.24) is 5.32 Å². The number of hydrogen-bond donors (Lipinski definition) is 1. The molecule has 1 saturated heterocycles. The molecule has 2 aliphatic heterocycles. The lowest BCUT2D eigenvalue weighted by Gasteiger charge is -2.17. The number of fused-ring (bicyclic) bond motifs is 1. The molecule has 0 amide bonds. The topological polar surface area (TPSA) is 39.7 Å². The largest absolute Gasteiger partial charge is 0.454 e. The van der Waals surface area contributed by atoms with E-state index in [0.29, 0.717) is 18.9 Å². The quantitative estimate of drug-likeness (QED) is 0.888. The third kappa shape index (κ3) is 2.44. The van der Waals surface area contributed by atoms with Crippen LogP contribution in [-0.2, 0) is 4.74 Å². The van der Waals surface area contributed by atoms with Gasteiger partial charge >= 0.3 is 0 Å². The van der Waals surface area contributed by atoms with Crippen LogP contribution in [0.5, 0.6) is 11.5 Å². The molecule has 1 aromatic carbocycles. The summed E-state index contributed by atoms with van der Waals surface area (Å²) in [5.41, 5.74) is 1.22. The molecular formula is C14H19NO3. The van der Waals surface area contributed by atoms with Crippen LogP contribution in [0.3, 0.4) is 0 Å². The fourth-order valence-corrected chi connectivity index (χ4v) is 2.41. The molecular weight excluding hydrogens is 230 g/mol. The van der Waals surface area contributed by atoms with Crippen molar-refractivity contribution in [2.75, 3.05) is 19.9 Å². The summed E-state index contributed by atoms with van der Waals surface area (Å²) in [7, 11) is 0. The summed E-state index contributed by atoms with van der Waals surface area (Å²) in [5, 5.41) is 3.51. The molecule has 2 heterocycles. The molecule has 4 heteroatoms. The number of benzene rings is 1. The van der Waals surface area contributed by atoms with Gasteiger partial charge in [-0.15, -0.1) is 0 Å². The van der Waals surface area contributed by atoms with Gasteiger partial charge in [0.1, 0.15) is 0 Å². The van der Waals surface area contributed by atoms with E-state index in [0.717, 1.165) is 24.7 Å². The Hall–Kier alpha value is -1.26. The number of hydrogen-bond acceptors (Lipinski definition) is 4. The van der Waals surface area contributed by atoms with E-state index in [-0.39, 0.29) is 0 Å². The molecule has 1 fully saturated rings. The maximum absolute atomic E-state index is 5.61. The van der Waals surface area contributed by atoms with E-state index in [1.807, 2.05) is 6.07 Å². The predicted octanol–water partition coefficient (Wildman–Crippen LogP) is 2.24. The summed E-state index contributed by atoms with van der Waals surface area (Å²) >= 11 is 0. The van der Waals surface area contributed by atoms with Gasteiger partial charge in [-0.1, -0.05) is 6.07 Å². The summed E-state index contributed by atoms with van der Waals surface area (Å²) in [5.74, 6) is 1.68. The van der Waals surface area contributed by atoms with Gasteiger partial charge in [0.25, 0.3) is 0 Å². The van der Waals surface area contributed by atoms with E-state index in [1.165, 1.54) is 18.4 Å². The molecule has 0 saturated carbocycles. The molecule has 1 N–H and O–H groups in total. The van der Waals surface area contributed by atoms with Crippen molar-refractivity contribution >= 4 is 0 Å². The molecule has 0 radical (unpaired) electrons. The van der Waals surface area contributed by atoms with E-state index < -0.39 is 0 Å². The van der Waals surface area contributed by atoms with Gasteiger partial charge in [0.2, 0.25) is 6.79 Å². The van der Waals surface area contributed by atoms with Gasteiger partial charge < -0.3 is 19.5 Å². The van der Waals surface area contributed by atoms with E-state index in [9.17, 15) is 0 Å². The lowest BCUT2D eigenvalue weighted by Crippen LogP contribution is -2.28. The third-order valence-electron chi connectivity index (χ3n) is 3.57. The normalized spacial score (nSPS) is 23.3. The second-order valence-electron chi connectivity index (χ2n) is 4.88. The maximum atomic E-state index is 5.61. The van der Waals surface area contributed by atoms with Crippen LogP contribution in [0.4, 0.5) is 0 Å². The number of nitrogens with one attached hydrogen (secondary N) is 1. The Labute approximate surface area is 107 Å². The molecule has 0 spiro atoms. The average Bonchev–Trinajstić information content (AvgIpc) is 3.05. The van der Waals surface area contributed by atoms with Crippen molar-refractivity contribution in [2.24, 2.45) is 0 Å². The highest BCUT2D eigenvalue weighted by Gasteiger charge is 2.18. The van der Waals surface area contributed by atoms with Gasteiger partial charge in [0.05, 0.1) is 6.10 Å². The van der Waals surface area contributed by atoms with E-state index >= 15 is 0 Å². The lowest BCUT2D eigenvalue weighted by atomic mass is 10.1. The predicted molar refractivity (Wildman–Crippen MR) is 68.0 cm³/mol. The SMILES string of the molecule is CC(NCC1CCCO1)c1ccc2c(c1)OCO2. The molecule has 98 valence electrons. The van der Waals surface area contributed by atoms with Crippen molar-refractivity contribution in [3.8, 4) is 11.5 Å². The first-order chi connectivity index (χ1) is 8.83. The number of rotatable bonds is 4. The monoisotopic (exact) mass is 249 g/mol. The smallest absolute Gasteiger partial charge is 0.231 e. The van der Waals surface area contributed by atoms with Crippen molar-refractivity contribution in [1.29, 1.82) is 0 Å². The highest BCUT2D eigenvalue weighted by atomic mass is 16.7. The highest BCUT2D eigenvalue weighted by molar-refractivity contribution is 5.45. The highest BCUT2D eigenvalue weighted by Crippen LogP contribution is 2.34. The summed E-state index contributed by atoms with van der Waals surface area (Å²) < 4.78 is 16.3. The van der Waals surface area contributed by atoms with Crippen LogP contribution in [0.1, 0.15) is 31.4 Å². The first-order valence-electron chi connectivity index (χ1n) is 6.57. The molecule has 2 unspecified atom stereocenters. The van der Waals surface area contributed by atoms with Crippen molar-refractivity contribution in [3.05, 3.63) is 23.8 Å². The van der Waals surface area contributed by atoms with Gasteiger partial charge in [0, 0.05) is 19.2 Å². The fraction of sp³-hybridized carbons (Fsp3) is 0.571. The van der Waals surface area contributed by atoms with Crippen LogP contribution in [-0.4, -0.2) is 26.0 Å². The molecule has 0 aromatic heterocycles. The molecule has 0 bridgehead atoms. The zero-order valence-corrected chi connectivity index (χ0v) is 10.6. The van der Waals surface area contributed by atoms with Crippen LogP contribution in [0.25, 0.3) is 0 Å². The van der Waals surface area contributed by atoms with Crippen LogP contribution in [0, 0.1) is 0 Å². The summed E-state index contributed by atoms with van der Waals surface area (Å²) in [4.78, 5) is 0. The van der Waals surface area contributed by atoms with Crippen LogP contribution >= 0.6 is 0 Å². The maximum Gasteiger partial charge on any atom is 0.231 e. The van der Waals surface area contributed by atoms with E-state index in [4.69, 9.17) is 14.2 Å². The van der Waals surface area contributed by atoms with Crippen LogP contribution < -0.4 is 14.8 Å². The second kappa shape index (κ2) is 5.16. The van der Waals surface area contributed by atoms with Gasteiger partial charge in [-0.05, 0) is 37.5 Å². The summed E-state index contributed by atoms with van der Waals surface area (Å²) in [6.07, 6.45) is 2.73. The molecule has 18 heavy (non-hydrogen) atoms. The lowest BCUT2D eigenvalue weighted by molar-refractivity contribution is 0.108. The molecule has 2 aliphatic rings. The zero-order valence-electron chi connectivity index (χ0n) is 10.6. The minimum atomic E-state index is 0.295. The Morgan fingerprint density at radius 3 is 3.06 bits per heavy atom. The first kappa shape index (κ1) is 11.8. The molecule has 4 nitrogen and oxygen atoms in total. The third-order valence-corrected chi connectivity index (χ3v) is 3.57.